The first-order valence-corrected chi connectivity index (χ1v) is 8.88. The predicted octanol–water partition coefficient (Wildman–Crippen LogP) is 4.06. The lowest BCUT2D eigenvalue weighted by atomic mass is 10.3. The summed E-state index contributed by atoms with van der Waals surface area (Å²) in [6, 6.07) is 15.3. The first kappa shape index (κ1) is 16.3. The molecule has 0 atom stereocenters. The number of para-hydroxylation sites is 1. The van der Waals surface area contributed by atoms with E-state index >= 15 is 0 Å². The molecule has 0 saturated carbocycles. The second kappa shape index (κ2) is 6.61. The molecule has 130 valence electrons. The minimum Gasteiger partial charge on any atom is -0.460 e. The molecule has 0 bridgehead atoms. The van der Waals surface area contributed by atoms with E-state index in [1.54, 1.807) is 6.07 Å². The van der Waals surface area contributed by atoms with E-state index in [0.717, 1.165) is 27.4 Å². The molecule has 0 aliphatic carbocycles. The van der Waals surface area contributed by atoms with Crippen molar-refractivity contribution in [2.24, 2.45) is 5.10 Å². The SMILES string of the molecule is Cc1ccc(C=NNC(=O)c2cc3c(C)nn(-c4ccccc4)c3s2)o1. The summed E-state index contributed by atoms with van der Waals surface area (Å²) < 4.78 is 7.24. The van der Waals surface area contributed by atoms with Gasteiger partial charge in [-0.3, -0.25) is 4.79 Å². The van der Waals surface area contributed by atoms with Gasteiger partial charge in [0.1, 0.15) is 16.4 Å². The highest BCUT2D eigenvalue weighted by Crippen LogP contribution is 2.30. The summed E-state index contributed by atoms with van der Waals surface area (Å²) >= 11 is 1.39. The first-order valence-electron chi connectivity index (χ1n) is 8.06. The Hall–Kier alpha value is -3.19. The molecule has 3 aromatic heterocycles. The molecular formula is C19H16N4O2S. The van der Waals surface area contributed by atoms with Gasteiger partial charge in [0.25, 0.3) is 5.91 Å². The number of carbonyl (C=O) groups excluding carboxylic acids is 1. The number of aryl methyl sites for hydroxylation is 2. The number of amides is 1. The van der Waals surface area contributed by atoms with Crippen LogP contribution < -0.4 is 5.43 Å². The molecule has 4 aromatic rings. The quantitative estimate of drug-likeness (QED) is 0.438. The summed E-state index contributed by atoms with van der Waals surface area (Å²) in [5, 5.41) is 9.50. The number of benzene rings is 1. The minimum atomic E-state index is -0.260. The number of nitrogens with zero attached hydrogens (tertiary/aromatic N) is 3. The summed E-state index contributed by atoms with van der Waals surface area (Å²) in [4.78, 5) is 13.9. The zero-order chi connectivity index (χ0) is 18.1. The summed E-state index contributed by atoms with van der Waals surface area (Å²) in [6.07, 6.45) is 1.48. The van der Waals surface area contributed by atoms with Crippen molar-refractivity contribution in [2.45, 2.75) is 13.8 Å². The zero-order valence-electron chi connectivity index (χ0n) is 14.3. The van der Waals surface area contributed by atoms with E-state index in [4.69, 9.17) is 4.42 Å². The fourth-order valence-electron chi connectivity index (χ4n) is 2.64. The number of hydrogen-bond donors (Lipinski definition) is 1. The van der Waals surface area contributed by atoms with E-state index in [0.29, 0.717) is 10.6 Å². The highest BCUT2D eigenvalue weighted by atomic mass is 32.1. The number of thiophene rings is 1. The Balaban J connectivity index is 1.59. The number of rotatable bonds is 4. The smallest absolute Gasteiger partial charge is 0.281 e. The molecule has 0 radical (unpaired) electrons. The molecule has 0 fully saturated rings. The molecule has 1 amide bonds. The number of carbonyl (C=O) groups is 1. The Kier molecular flexibility index (Phi) is 4.14. The highest BCUT2D eigenvalue weighted by Gasteiger charge is 2.16. The van der Waals surface area contributed by atoms with E-state index in [1.165, 1.54) is 17.6 Å². The van der Waals surface area contributed by atoms with Gasteiger partial charge in [0.15, 0.2) is 0 Å². The van der Waals surface area contributed by atoms with Crippen LogP contribution in [0.5, 0.6) is 0 Å². The van der Waals surface area contributed by atoms with Crippen LogP contribution in [0.4, 0.5) is 0 Å². The monoisotopic (exact) mass is 364 g/mol. The van der Waals surface area contributed by atoms with Crippen molar-refractivity contribution in [1.29, 1.82) is 0 Å². The fourth-order valence-corrected chi connectivity index (χ4v) is 3.71. The number of aromatic nitrogens is 2. The van der Waals surface area contributed by atoms with Crippen LogP contribution >= 0.6 is 11.3 Å². The lowest BCUT2D eigenvalue weighted by Gasteiger charge is -2.01. The van der Waals surface area contributed by atoms with Crippen molar-refractivity contribution < 1.29 is 9.21 Å². The van der Waals surface area contributed by atoms with Gasteiger partial charge in [0, 0.05) is 5.39 Å². The van der Waals surface area contributed by atoms with Gasteiger partial charge in [0.2, 0.25) is 0 Å². The molecule has 6 nitrogen and oxygen atoms in total. The van der Waals surface area contributed by atoms with Crippen LogP contribution in [-0.4, -0.2) is 21.9 Å². The van der Waals surface area contributed by atoms with E-state index in [1.807, 2.05) is 61.0 Å². The third kappa shape index (κ3) is 3.04. The average Bonchev–Trinajstić information content (AvgIpc) is 3.33. The maximum atomic E-state index is 12.4. The first-order chi connectivity index (χ1) is 12.6. The lowest BCUT2D eigenvalue weighted by Crippen LogP contribution is -2.16. The topological polar surface area (TPSA) is 72.4 Å². The molecule has 1 aromatic carbocycles. The van der Waals surface area contributed by atoms with Crippen LogP contribution in [0.15, 0.2) is 58.0 Å². The normalized spacial score (nSPS) is 11.5. The molecule has 3 heterocycles. The van der Waals surface area contributed by atoms with Crippen LogP contribution in [0.2, 0.25) is 0 Å². The van der Waals surface area contributed by atoms with Crippen LogP contribution in [0.3, 0.4) is 0 Å². The largest absolute Gasteiger partial charge is 0.460 e. The highest BCUT2D eigenvalue weighted by molar-refractivity contribution is 7.20. The van der Waals surface area contributed by atoms with Gasteiger partial charge in [-0.05, 0) is 44.2 Å². The number of hydrazone groups is 1. The second-order valence-electron chi connectivity index (χ2n) is 5.81. The minimum absolute atomic E-state index is 0.260. The van der Waals surface area contributed by atoms with Crippen LogP contribution in [0.25, 0.3) is 15.9 Å². The van der Waals surface area contributed by atoms with Gasteiger partial charge >= 0.3 is 0 Å². The Labute approximate surface area is 153 Å². The zero-order valence-corrected chi connectivity index (χ0v) is 15.1. The van der Waals surface area contributed by atoms with Crippen LogP contribution in [0, 0.1) is 13.8 Å². The third-order valence-electron chi connectivity index (χ3n) is 3.89. The molecule has 0 aliphatic rings. The van der Waals surface area contributed by atoms with Gasteiger partial charge < -0.3 is 4.42 Å². The van der Waals surface area contributed by atoms with Gasteiger partial charge in [-0.15, -0.1) is 11.3 Å². The van der Waals surface area contributed by atoms with Crippen molar-refractivity contribution >= 4 is 33.7 Å². The second-order valence-corrected chi connectivity index (χ2v) is 6.84. The molecule has 4 rings (SSSR count). The maximum Gasteiger partial charge on any atom is 0.281 e. The molecule has 0 unspecified atom stereocenters. The summed E-state index contributed by atoms with van der Waals surface area (Å²) in [7, 11) is 0. The summed E-state index contributed by atoms with van der Waals surface area (Å²) in [6.45, 7) is 3.79. The average molecular weight is 364 g/mol. The summed E-state index contributed by atoms with van der Waals surface area (Å²) in [5.74, 6) is 1.13. The van der Waals surface area contributed by atoms with Gasteiger partial charge in [0.05, 0.1) is 22.5 Å². The van der Waals surface area contributed by atoms with E-state index in [-0.39, 0.29) is 5.91 Å². The van der Waals surface area contributed by atoms with Crippen LogP contribution in [-0.2, 0) is 0 Å². The van der Waals surface area contributed by atoms with Crippen molar-refractivity contribution in [3.8, 4) is 5.69 Å². The molecule has 0 saturated heterocycles. The lowest BCUT2D eigenvalue weighted by molar-refractivity contribution is 0.0959. The van der Waals surface area contributed by atoms with Crippen LogP contribution in [0.1, 0.15) is 26.9 Å². The number of nitrogens with one attached hydrogen (secondary N) is 1. The number of furan rings is 1. The molecule has 26 heavy (non-hydrogen) atoms. The third-order valence-corrected chi connectivity index (χ3v) is 5.00. The molecular weight excluding hydrogens is 348 g/mol. The van der Waals surface area contributed by atoms with Crippen molar-refractivity contribution in [2.75, 3.05) is 0 Å². The molecule has 0 aliphatic heterocycles. The maximum absolute atomic E-state index is 12.4. The number of hydrogen-bond acceptors (Lipinski definition) is 5. The Morgan fingerprint density at radius 3 is 2.77 bits per heavy atom. The standard InChI is InChI=1S/C19H16N4O2S/c1-12-8-9-15(25-12)11-20-21-18(24)17-10-16-13(2)22-23(19(16)26-17)14-6-4-3-5-7-14/h3-11H,1-2H3,(H,21,24). The molecule has 7 heteroatoms. The Morgan fingerprint density at radius 2 is 2.04 bits per heavy atom. The van der Waals surface area contributed by atoms with Gasteiger partial charge in [-0.25, -0.2) is 10.1 Å². The van der Waals surface area contributed by atoms with E-state index in [2.05, 4.69) is 15.6 Å². The van der Waals surface area contributed by atoms with Gasteiger partial charge in [-0.2, -0.15) is 10.2 Å². The Morgan fingerprint density at radius 1 is 1.23 bits per heavy atom. The van der Waals surface area contributed by atoms with E-state index < -0.39 is 0 Å². The van der Waals surface area contributed by atoms with Crippen molar-refractivity contribution in [3.05, 3.63) is 70.6 Å². The van der Waals surface area contributed by atoms with Crippen molar-refractivity contribution in [3.63, 3.8) is 0 Å². The summed E-state index contributed by atoms with van der Waals surface area (Å²) in [5.41, 5.74) is 4.38. The van der Waals surface area contributed by atoms with Crippen molar-refractivity contribution in [1.82, 2.24) is 15.2 Å². The fraction of sp³-hybridized carbons (Fsp3) is 0.105. The Bertz CT molecular complexity index is 1110. The molecule has 1 N–H and O–H groups in total. The predicted molar refractivity (Wildman–Crippen MR) is 102 cm³/mol. The molecule has 0 spiro atoms. The van der Waals surface area contributed by atoms with E-state index in [9.17, 15) is 4.79 Å². The number of fused-ring (bicyclic) bond motifs is 1. The van der Waals surface area contributed by atoms with Gasteiger partial charge in [-0.1, -0.05) is 18.2 Å².